The third-order valence-electron chi connectivity index (χ3n) is 3.38. The Kier molecular flexibility index (Phi) is 4.83. The van der Waals surface area contributed by atoms with Crippen molar-refractivity contribution in [3.05, 3.63) is 60.7 Å². The average Bonchev–Trinajstić information content (AvgIpc) is 2.43. The second kappa shape index (κ2) is 6.61. The molecule has 1 atom stereocenters. The van der Waals surface area contributed by atoms with Crippen molar-refractivity contribution in [2.45, 2.75) is 25.2 Å². The van der Waals surface area contributed by atoms with Gasteiger partial charge in [-0.1, -0.05) is 55.0 Å². The van der Waals surface area contributed by atoms with E-state index in [4.69, 9.17) is 11.6 Å². The maximum absolute atomic E-state index is 5.73. The summed E-state index contributed by atoms with van der Waals surface area (Å²) >= 11 is 5.73. The summed E-state index contributed by atoms with van der Waals surface area (Å²) in [6, 6.07) is 15.2. The Hall–Kier alpha value is -1.27. The summed E-state index contributed by atoms with van der Waals surface area (Å²) < 4.78 is 0. The second-order valence-electron chi connectivity index (χ2n) is 4.63. The van der Waals surface area contributed by atoms with Gasteiger partial charge in [0.05, 0.1) is 0 Å². The predicted octanol–water partition coefficient (Wildman–Crippen LogP) is 5.52. The number of benzene rings is 2. The van der Waals surface area contributed by atoms with Gasteiger partial charge in [0.2, 0.25) is 0 Å². The number of allylic oxidation sites excluding steroid dienone is 1. The summed E-state index contributed by atoms with van der Waals surface area (Å²) in [6.45, 7) is 3.96. The second-order valence-corrected chi connectivity index (χ2v) is 5.01. The van der Waals surface area contributed by atoms with E-state index in [0.717, 1.165) is 25.1 Å². The molecule has 2 aromatic rings. The van der Waals surface area contributed by atoms with Crippen molar-refractivity contribution in [1.29, 1.82) is 0 Å². The Bertz CT molecular complexity index is 516. The Morgan fingerprint density at radius 3 is 2.56 bits per heavy atom. The first-order valence-electron chi connectivity index (χ1n) is 6.52. The molecule has 0 radical (unpaired) electrons. The van der Waals surface area contributed by atoms with E-state index in [9.17, 15) is 0 Å². The molecule has 0 fully saturated rings. The quantitative estimate of drug-likeness (QED) is 0.364. The van der Waals surface area contributed by atoms with Gasteiger partial charge in [0.25, 0.3) is 0 Å². The maximum atomic E-state index is 5.73. The van der Waals surface area contributed by atoms with Crippen LogP contribution in [0.15, 0.2) is 55.1 Å². The molecule has 0 unspecified atom stereocenters. The summed E-state index contributed by atoms with van der Waals surface area (Å²) in [5.74, 6) is 1.19. The van der Waals surface area contributed by atoms with Crippen molar-refractivity contribution in [3.63, 3.8) is 0 Å². The van der Waals surface area contributed by atoms with Gasteiger partial charge in [-0.15, -0.1) is 18.2 Å². The molecule has 0 saturated heterocycles. The van der Waals surface area contributed by atoms with Crippen molar-refractivity contribution >= 4 is 22.4 Å². The summed E-state index contributed by atoms with van der Waals surface area (Å²) in [5.41, 5.74) is 1.36. The minimum absolute atomic E-state index is 0.442. The van der Waals surface area contributed by atoms with Gasteiger partial charge in [0.15, 0.2) is 0 Å². The van der Waals surface area contributed by atoms with Crippen LogP contribution in [-0.2, 0) is 0 Å². The molecule has 0 saturated carbocycles. The van der Waals surface area contributed by atoms with E-state index in [1.165, 1.54) is 16.3 Å². The smallest absolute Gasteiger partial charge is 0.0223 e. The normalized spacial score (nSPS) is 12.5. The first-order valence-corrected chi connectivity index (χ1v) is 7.06. The average molecular weight is 259 g/mol. The highest BCUT2D eigenvalue weighted by Crippen LogP contribution is 2.26. The van der Waals surface area contributed by atoms with Gasteiger partial charge in [-0.3, -0.25) is 0 Å². The lowest BCUT2D eigenvalue weighted by molar-refractivity contribution is 0.667. The summed E-state index contributed by atoms with van der Waals surface area (Å²) in [4.78, 5) is 0. The van der Waals surface area contributed by atoms with Crippen molar-refractivity contribution in [3.8, 4) is 0 Å². The van der Waals surface area contributed by atoms with Crippen LogP contribution < -0.4 is 0 Å². The van der Waals surface area contributed by atoms with Gasteiger partial charge >= 0.3 is 0 Å². The third kappa shape index (κ3) is 3.14. The van der Waals surface area contributed by atoms with Crippen LogP contribution in [0, 0.1) is 0 Å². The molecule has 0 nitrogen and oxygen atoms in total. The molecule has 0 amide bonds. The zero-order valence-electron chi connectivity index (χ0n) is 10.6. The number of halogens is 1. The number of rotatable bonds is 6. The lowest BCUT2D eigenvalue weighted by atomic mass is 9.92. The van der Waals surface area contributed by atoms with Gasteiger partial charge in [-0.2, -0.15) is 0 Å². The van der Waals surface area contributed by atoms with E-state index in [1.54, 1.807) is 0 Å². The minimum atomic E-state index is 0.442. The fourth-order valence-electron chi connectivity index (χ4n) is 2.32. The number of fused-ring (bicyclic) bond motifs is 1. The van der Waals surface area contributed by atoms with Crippen LogP contribution in [0.2, 0.25) is 0 Å². The molecular weight excluding hydrogens is 240 g/mol. The highest BCUT2D eigenvalue weighted by Gasteiger charge is 2.07. The van der Waals surface area contributed by atoms with Gasteiger partial charge in [0.1, 0.15) is 0 Å². The fraction of sp³-hybridized carbons (Fsp3) is 0.294. The molecule has 0 spiro atoms. The van der Waals surface area contributed by atoms with E-state index in [-0.39, 0.29) is 0 Å². The molecule has 0 aliphatic heterocycles. The van der Waals surface area contributed by atoms with Crippen molar-refractivity contribution < 1.29 is 0 Å². The molecule has 0 N–H and O–H groups in total. The van der Waals surface area contributed by atoms with E-state index < -0.39 is 0 Å². The Labute approximate surface area is 114 Å². The van der Waals surface area contributed by atoms with E-state index in [0.29, 0.717) is 5.92 Å². The van der Waals surface area contributed by atoms with Crippen LogP contribution in [-0.4, -0.2) is 5.88 Å². The number of hydrogen-bond donors (Lipinski definition) is 0. The van der Waals surface area contributed by atoms with Crippen molar-refractivity contribution in [1.82, 2.24) is 0 Å². The number of unbranched alkanes of at least 4 members (excludes halogenated alkanes) is 1. The molecule has 0 aromatic heterocycles. The van der Waals surface area contributed by atoms with Crippen LogP contribution in [0.4, 0.5) is 0 Å². The first-order chi connectivity index (χ1) is 8.85. The van der Waals surface area contributed by atoms with Gasteiger partial charge in [0, 0.05) is 11.8 Å². The molecule has 0 aliphatic rings. The molecule has 18 heavy (non-hydrogen) atoms. The standard InChI is InChI=1S/C17H19Cl/c1-2-14(7-5-6-12-18)17-11-10-15-8-3-4-9-16(15)13-17/h2-4,8-11,13-14H,1,5-7,12H2/t14-/m1/s1. The third-order valence-corrected chi connectivity index (χ3v) is 3.65. The minimum Gasteiger partial charge on any atom is -0.127 e. The lowest BCUT2D eigenvalue weighted by Crippen LogP contribution is -1.95. The first kappa shape index (κ1) is 13.2. The predicted molar refractivity (Wildman–Crippen MR) is 81.5 cm³/mol. The van der Waals surface area contributed by atoms with Gasteiger partial charge in [-0.25, -0.2) is 0 Å². The fourth-order valence-corrected chi connectivity index (χ4v) is 2.51. The Morgan fingerprint density at radius 1 is 1.06 bits per heavy atom. The van der Waals surface area contributed by atoms with Gasteiger partial charge < -0.3 is 0 Å². The highest BCUT2D eigenvalue weighted by atomic mass is 35.5. The van der Waals surface area contributed by atoms with Crippen LogP contribution in [0.5, 0.6) is 0 Å². The topological polar surface area (TPSA) is 0 Å². The molecule has 0 bridgehead atoms. The van der Waals surface area contributed by atoms with E-state index in [1.807, 2.05) is 0 Å². The summed E-state index contributed by atoms with van der Waals surface area (Å²) in [5, 5.41) is 2.60. The Morgan fingerprint density at radius 2 is 1.83 bits per heavy atom. The molecule has 2 aromatic carbocycles. The molecule has 0 aliphatic carbocycles. The number of hydrogen-bond acceptors (Lipinski definition) is 0. The molecule has 0 heterocycles. The summed E-state index contributed by atoms with van der Waals surface area (Å²) in [7, 11) is 0. The Balaban J connectivity index is 2.19. The molecule has 94 valence electrons. The maximum Gasteiger partial charge on any atom is 0.0223 e. The SMILES string of the molecule is C=C[C@H](CCCCCl)c1ccc2ccccc2c1. The molecule has 2 rings (SSSR count). The molecular formula is C17H19Cl. The van der Waals surface area contributed by atoms with Crippen LogP contribution in [0.25, 0.3) is 10.8 Å². The van der Waals surface area contributed by atoms with E-state index in [2.05, 4.69) is 55.1 Å². The zero-order chi connectivity index (χ0) is 12.8. The zero-order valence-corrected chi connectivity index (χ0v) is 11.4. The monoisotopic (exact) mass is 258 g/mol. The summed E-state index contributed by atoms with van der Waals surface area (Å²) in [6.07, 6.45) is 5.43. The van der Waals surface area contributed by atoms with Crippen LogP contribution >= 0.6 is 11.6 Å². The van der Waals surface area contributed by atoms with Crippen LogP contribution in [0.1, 0.15) is 30.7 Å². The highest BCUT2D eigenvalue weighted by molar-refractivity contribution is 6.17. The van der Waals surface area contributed by atoms with Crippen molar-refractivity contribution in [2.24, 2.45) is 0 Å². The van der Waals surface area contributed by atoms with Crippen molar-refractivity contribution in [2.75, 3.05) is 5.88 Å². The van der Waals surface area contributed by atoms with Crippen LogP contribution in [0.3, 0.4) is 0 Å². The number of alkyl halides is 1. The largest absolute Gasteiger partial charge is 0.127 e. The van der Waals surface area contributed by atoms with E-state index >= 15 is 0 Å². The lowest BCUT2D eigenvalue weighted by Gasteiger charge is -2.13. The van der Waals surface area contributed by atoms with Gasteiger partial charge in [-0.05, 0) is 29.2 Å². The molecule has 1 heteroatoms.